The van der Waals surface area contributed by atoms with Crippen LogP contribution in [0.1, 0.15) is 32.1 Å². The standard InChI is InChI=1S/C7H14.Pa.Pb.H/c1-3-5-7-6-4-2;;;/h1-7H2;;;/q-1;;;. The Morgan fingerprint density at radius 3 is 2.00 bits per heavy atom. The first-order valence-electron chi connectivity index (χ1n) is 3.41. The molecule has 0 rings (SSSR count). The first kappa shape index (κ1) is 13.6. The first-order chi connectivity index (χ1) is 3.91. The molecule has 0 nitrogen and oxygen atoms in total. The molecule has 0 N–H and O–H groups in total. The molecule has 9 heavy (non-hydrogen) atoms. The third-order valence-electron chi connectivity index (χ3n) is 1.20. The maximum absolute atomic E-state index is 3.79. The van der Waals surface area contributed by atoms with E-state index < -0.39 is 0 Å². The van der Waals surface area contributed by atoms with Crippen LogP contribution in [0.4, 0.5) is 0 Å². The fourth-order valence-corrected chi connectivity index (χ4v) is 1.80. The number of unbranched alkanes of at least 4 members (excludes halogenated alkanes) is 4. The summed E-state index contributed by atoms with van der Waals surface area (Å²) in [4.78, 5) is 0. The molecular formula is C7H15PaPb-. The van der Waals surface area contributed by atoms with Gasteiger partial charge in [0.15, 0.2) is 0 Å². The van der Waals surface area contributed by atoms with Crippen molar-refractivity contribution in [1.29, 1.82) is 0 Å². The van der Waals surface area contributed by atoms with Crippen molar-refractivity contribution in [2.24, 2.45) is 0 Å². The quantitative estimate of drug-likeness (QED) is 0.287. The van der Waals surface area contributed by atoms with Gasteiger partial charge in [-0.3, -0.25) is 0 Å². The van der Waals surface area contributed by atoms with Crippen LogP contribution in [0.5, 0.6) is 0 Å². The maximum atomic E-state index is 3.79. The Bertz CT molecular complexity index is 33.9. The minimum atomic E-state index is 0. The molecule has 0 heterocycles. The van der Waals surface area contributed by atoms with Crippen LogP contribution in [0, 0.1) is 39.2 Å². The van der Waals surface area contributed by atoms with E-state index in [9.17, 15) is 0 Å². The van der Waals surface area contributed by atoms with E-state index in [1.807, 2.05) is 0 Å². The molecule has 2 heteroatoms. The van der Waals surface area contributed by atoms with Gasteiger partial charge in [0.25, 0.3) is 0 Å². The van der Waals surface area contributed by atoms with Crippen LogP contribution in [-0.2, 0) is 0 Å². The van der Waals surface area contributed by atoms with Crippen molar-refractivity contribution < 1.29 is 32.3 Å². The van der Waals surface area contributed by atoms with Crippen molar-refractivity contribution in [3.05, 3.63) is 6.92 Å². The Hall–Kier alpha value is 2.01. The van der Waals surface area contributed by atoms with Gasteiger partial charge in [-0.1, -0.05) is 0 Å². The van der Waals surface area contributed by atoms with Crippen LogP contribution in [-0.4, -0.2) is 25.8 Å². The summed E-state index contributed by atoms with van der Waals surface area (Å²) < 4.78 is 1.51. The molecule has 0 saturated heterocycles. The summed E-state index contributed by atoms with van der Waals surface area (Å²) in [7, 11) is 0. The maximum Gasteiger partial charge on any atom is 0 e. The van der Waals surface area contributed by atoms with Crippen LogP contribution in [0.25, 0.3) is 0 Å². The fraction of sp³-hybridized carbons (Fsp3) is 0.857. The van der Waals surface area contributed by atoms with Crippen molar-refractivity contribution in [3.8, 4) is 0 Å². The summed E-state index contributed by atoms with van der Waals surface area (Å²) in [6.07, 6.45) is 6.81. The van der Waals surface area contributed by atoms with Crippen LogP contribution < -0.4 is 0 Å². The van der Waals surface area contributed by atoms with Gasteiger partial charge >= 0.3 is 68.8 Å². The van der Waals surface area contributed by atoms with Crippen molar-refractivity contribution in [2.45, 2.75) is 36.1 Å². The molecule has 0 saturated carbocycles. The second-order valence-electron chi connectivity index (χ2n) is 2.06. The van der Waals surface area contributed by atoms with Gasteiger partial charge in [0.05, 0.1) is 0 Å². The Balaban J connectivity index is 0. The average Bonchev–Trinajstić information content (AvgIpc) is 1.81. The molecule has 0 aromatic carbocycles. The van der Waals surface area contributed by atoms with E-state index >= 15 is 0 Å². The molecule has 0 unspecified atom stereocenters. The molecule has 0 aliphatic carbocycles. The molecule has 0 atom stereocenters. The van der Waals surface area contributed by atoms with Crippen molar-refractivity contribution >= 4 is 25.8 Å². The largest absolute Gasteiger partial charge is 0 e. The molecule has 0 bridgehead atoms. The number of hydrogen-bond acceptors (Lipinski definition) is 0. The van der Waals surface area contributed by atoms with Crippen LogP contribution >= 0.6 is 0 Å². The molecule has 0 spiro atoms. The van der Waals surface area contributed by atoms with Gasteiger partial charge in [0, 0.05) is 32.3 Å². The predicted molar refractivity (Wildman–Crippen MR) is 40.4 cm³/mol. The average molecular weight is 537 g/mol. The molecule has 0 amide bonds. The van der Waals surface area contributed by atoms with Crippen molar-refractivity contribution in [2.75, 3.05) is 0 Å². The Kier molecular flexibility index (Phi) is 19.1. The SMILES string of the molecule is [CH2-]CCCCC[CH2][PbH].[Pa]. The zero-order chi connectivity index (χ0) is 6.24. The molecule has 0 aromatic heterocycles. The summed E-state index contributed by atoms with van der Waals surface area (Å²) in [5.41, 5.74) is 0. The molecule has 0 fully saturated rings. The second-order valence-corrected chi connectivity index (χ2v) is 4.30. The zero-order valence-corrected chi connectivity index (χ0v) is 15.4. The van der Waals surface area contributed by atoms with E-state index in [1.54, 1.807) is 0 Å². The van der Waals surface area contributed by atoms with Gasteiger partial charge in [-0.25, -0.2) is 0 Å². The van der Waals surface area contributed by atoms with Crippen LogP contribution in [0.15, 0.2) is 0 Å². The Morgan fingerprint density at radius 2 is 1.56 bits per heavy atom. The van der Waals surface area contributed by atoms with E-state index in [2.05, 4.69) is 6.92 Å². The Morgan fingerprint density at radius 1 is 1.00 bits per heavy atom. The zero-order valence-electron chi connectivity index (χ0n) is 6.10. The van der Waals surface area contributed by atoms with E-state index in [0.717, 1.165) is 6.42 Å². The summed E-state index contributed by atoms with van der Waals surface area (Å²) >= 11 is 1.22. The molecule has 51 valence electrons. The van der Waals surface area contributed by atoms with Crippen molar-refractivity contribution in [3.63, 3.8) is 0 Å². The van der Waals surface area contributed by atoms with E-state index in [0.29, 0.717) is 0 Å². The minimum Gasteiger partial charge on any atom is 0 e. The van der Waals surface area contributed by atoms with Crippen molar-refractivity contribution in [1.82, 2.24) is 0 Å². The Labute approximate surface area is 99.7 Å². The van der Waals surface area contributed by atoms with Gasteiger partial charge in [0.1, 0.15) is 0 Å². The first-order valence-corrected chi connectivity index (χ1v) is 6.58. The molecule has 0 aliphatic heterocycles. The fourth-order valence-electron chi connectivity index (χ4n) is 0.675. The van der Waals surface area contributed by atoms with E-state index in [1.165, 1.54) is 55.4 Å². The summed E-state index contributed by atoms with van der Waals surface area (Å²) in [6.45, 7) is 3.79. The normalized spacial score (nSPS) is 8.67. The molecule has 0 aromatic rings. The summed E-state index contributed by atoms with van der Waals surface area (Å²) in [6, 6.07) is 0. The van der Waals surface area contributed by atoms with E-state index in [4.69, 9.17) is 0 Å². The van der Waals surface area contributed by atoms with Gasteiger partial charge < -0.3 is 0 Å². The third kappa shape index (κ3) is 13.1. The third-order valence-corrected chi connectivity index (χ3v) is 2.79. The second kappa shape index (κ2) is 12.7. The van der Waals surface area contributed by atoms with Crippen LogP contribution in [0.2, 0.25) is 3.98 Å². The number of rotatable bonds is 5. The van der Waals surface area contributed by atoms with Gasteiger partial charge in [-0.15, -0.1) is 0 Å². The van der Waals surface area contributed by atoms with Gasteiger partial charge in [-0.2, -0.15) is 0 Å². The smallest absolute Gasteiger partial charge is 0 e. The monoisotopic (exact) mass is 538 g/mol. The molecule has 3 radical (unpaired) electrons. The summed E-state index contributed by atoms with van der Waals surface area (Å²) in [5.74, 6) is 0. The topological polar surface area (TPSA) is 0 Å². The molecular weight excluding hydrogens is 522 g/mol. The van der Waals surface area contributed by atoms with Crippen LogP contribution in [0.3, 0.4) is 0 Å². The minimum absolute atomic E-state index is 0. The van der Waals surface area contributed by atoms with Gasteiger partial charge in [-0.05, 0) is 0 Å². The van der Waals surface area contributed by atoms with E-state index in [-0.39, 0.29) is 32.3 Å². The number of hydrogen-bond donors (Lipinski definition) is 0. The summed E-state index contributed by atoms with van der Waals surface area (Å²) in [5, 5.41) is 0. The molecule has 0 aliphatic rings. The van der Waals surface area contributed by atoms with Gasteiger partial charge in [0.2, 0.25) is 0 Å². The predicted octanol–water partition coefficient (Wildman–Crippen LogP) is 2.09.